The lowest BCUT2D eigenvalue weighted by Crippen LogP contribution is -2.29. The van der Waals surface area contributed by atoms with E-state index in [2.05, 4.69) is 83.3 Å². The van der Waals surface area contributed by atoms with Crippen LogP contribution in [0.5, 0.6) is 0 Å². The third-order valence-electron chi connectivity index (χ3n) is 7.76. The number of aromatic nitrogens is 2. The second-order valence-corrected chi connectivity index (χ2v) is 11.2. The van der Waals surface area contributed by atoms with Crippen molar-refractivity contribution in [2.24, 2.45) is 5.92 Å². The van der Waals surface area contributed by atoms with Crippen LogP contribution in [0.1, 0.15) is 66.6 Å². The van der Waals surface area contributed by atoms with E-state index >= 15 is 0 Å². The summed E-state index contributed by atoms with van der Waals surface area (Å²) in [6, 6.07) is 22.9. The van der Waals surface area contributed by atoms with Gasteiger partial charge in [0.05, 0.1) is 17.8 Å². The number of carbonyl (C=O) groups excluding carboxylic acids is 1. The Hall–Kier alpha value is -3.97. The number of benzene rings is 2. The van der Waals surface area contributed by atoms with E-state index in [4.69, 9.17) is 17.2 Å². The minimum atomic E-state index is -0.134. The lowest BCUT2D eigenvalue weighted by atomic mass is 9.96. The molecule has 2 aromatic carbocycles. The van der Waals surface area contributed by atoms with Gasteiger partial charge in [-0.2, -0.15) is 0 Å². The summed E-state index contributed by atoms with van der Waals surface area (Å²) in [5.74, 6) is -0.0897. The predicted octanol–water partition coefficient (Wildman–Crippen LogP) is 7.13. The van der Waals surface area contributed by atoms with Crippen molar-refractivity contribution in [1.82, 2.24) is 14.9 Å². The maximum Gasteiger partial charge on any atom is 0.226 e. The maximum atomic E-state index is 12.4. The van der Waals surface area contributed by atoms with Crippen LogP contribution in [0.3, 0.4) is 0 Å². The molecule has 3 heterocycles. The number of carbonyl (C=O) groups is 1. The van der Waals surface area contributed by atoms with Gasteiger partial charge in [-0.25, -0.2) is 0 Å². The molecule has 0 spiro atoms. The van der Waals surface area contributed by atoms with Gasteiger partial charge < -0.3 is 20.1 Å². The number of aryl methyl sites for hydroxylation is 3. The largest absolute Gasteiger partial charge is 0.351 e. The molecule has 0 aliphatic carbocycles. The molecular weight excluding hydrogens is 514 g/mol. The zero-order valence-corrected chi connectivity index (χ0v) is 24.8. The molecule has 0 radical (unpaired) electrons. The van der Waals surface area contributed by atoms with E-state index in [1.54, 1.807) is 0 Å². The first-order valence-electron chi connectivity index (χ1n) is 13.9. The van der Waals surface area contributed by atoms with Crippen LogP contribution in [0.4, 0.5) is 11.4 Å². The van der Waals surface area contributed by atoms with Crippen LogP contribution in [0.2, 0.25) is 0 Å². The van der Waals surface area contributed by atoms with E-state index in [1.165, 1.54) is 16.8 Å². The van der Waals surface area contributed by atoms with Gasteiger partial charge in [0.25, 0.3) is 0 Å². The number of hydrogen-bond donors (Lipinski definition) is 2. The van der Waals surface area contributed by atoms with Crippen LogP contribution >= 0.6 is 12.2 Å². The number of hydrogen-bond acceptors (Lipinski definition) is 3. The summed E-state index contributed by atoms with van der Waals surface area (Å²) in [4.78, 5) is 19.3. The smallest absolute Gasteiger partial charge is 0.226 e. The molecule has 2 aromatic heterocycles. The van der Waals surface area contributed by atoms with Crippen molar-refractivity contribution < 1.29 is 4.79 Å². The van der Waals surface area contributed by atoms with Crippen molar-refractivity contribution in [1.29, 1.82) is 0 Å². The number of nitrogens with one attached hydrogen (secondary N) is 2. The monoisotopic (exact) mass is 551 g/mol. The predicted molar refractivity (Wildman–Crippen MR) is 167 cm³/mol. The van der Waals surface area contributed by atoms with Gasteiger partial charge >= 0.3 is 0 Å². The fourth-order valence-electron chi connectivity index (χ4n) is 5.53. The second kappa shape index (κ2) is 11.3. The van der Waals surface area contributed by atoms with Gasteiger partial charge in [-0.05, 0) is 105 Å². The minimum absolute atomic E-state index is 0.00158. The van der Waals surface area contributed by atoms with Crippen LogP contribution in [-0.4, -0.2) is 20.6 Å². The Bertz CT molecular complexity index is 1540. The topological polar surface area (TPSA) is 62.2 Å². The van der Waals surface area contributed by atoms with Crippen molar-refractivity contribution in [3.63, 3.8) is 0 Å². The van der Waals surface area contributed by atoms with E-state index < -0.39 is 0 Å². The quantitative estimate of drug-likeness (QED) is 0.239. The lowest BCUT2D eigenvalue weighted by molar-refractivity contribution is -0.118. The number of nitrogens with zero attached hydrogens (tertiary/aromatic N) is 3. The highest BCUT2D eigenvalue weighted by Gasteiger charge is 2.42. The van der Waals surface area contributed by atoms with Crippen molar-refractivity contribution >= 4 is 34.6 Å². The Morgan fingerprint density at radius 2 is 1.75 bits per heavy atom. The summed E-state index contributed by atoms with van der Waals surface area (Å²) >= 11 is 5.97. The molecule has 1 aliphatic heterocycles. The zero-order valence-electron chi connectivity index (χ0n) is 24.0. The average Bonchev–Trinajstić information content (AvgIpc) is 3.44. The molecule has 5 rings (SSSR count). The zero-order chi connectivity index (χ0) is 28.6. The molecule has 2 atom stereocenters. The van der Waals surface area contributed by atoms with E-state index in [-0.39, 0.29) is 23.9 Å². The number of pyridine rings is 1. The van der Waals surface area contributed by atoms with Gasteiger partial charge in [0.1, 0.15) is 0 Å². The third-order valence-corrected chi connectivity index (χ3v) is 8.07. The Labute approximate surface area is 242 Å². The third kappa shape index (κ3) is 5.13. The highest BCUT2D eigenvalue weighted by Crippen LogP contribution is 2.44. The molecule has 40 heavy (non-hydrogen) atoms. The van der Waals surface area contributed by atoms with Crippen molar-refractivity contribution in [2.75, 3.05) is 10.2 Å². The molecule has 0 bridgehead atoms. The molecule has 1 saturated heterocycles. The van der Waals surface area contributed by atoms with E-state index in [0.717, 1.165) is 40.4 Å². The Kier molecular flexibility index (Phi) is 7.76. The first kappa shape index (κ1) is 27.6. The van der Waals surface area contributed by atoms with E-state index in [0.29, 0.717) is 5.11 Å². The normalized spacial score (nSPS) is 16.9. The van der Waals surface area contributed by atoms with Crippen molar-refractivity contribution in [2.45, 2.75) is 60.0 Å². The summed E-state index contributed by atoms with van der Waals surface area (Å²) in [5, 5.41) is 7.27. The van der Waals surface area contributed by atoms with Crippen molar-refractivity contribution in [3.8, 4) is 5.69 Å². The van der Waals surface area contributed by atoms with Gasteiger partial charge in [0.15, 0.2) is 5.11 Å². The molecule has 1 amide bonds. The first-order chi connectivity index (χ1) is 19.2. The molecule has 4 aromatic rings. The molecule has 2 N–H and O–H groups in total. The first-order valence-corrected chi connectivity index (χ1v) is 14.3. The molecule has 7 heteroatoms. The highest BCUT2D eigenvalue weighted by molar-refractivity contribution is 7.80. The van der Waals surface area contributed by atoms with Gasteiger partial charge in [-0.1, -0.05) is 39.0 Å². The van der Waals surface area contributed by atoms with Crippen LogP contribution in [0.25, 0.3) is 5.69 Å². The summed E-state index contributed by atoms with van der Waals surface area (Å²) in [5.41, 5.74) is 9.69. The Balaban J connectivity index is 1.60. The summed E-state index contributed by atoms with van der Waals surface area (Å²) in [7, 11) is 0. The van der Waals surface area contributed by atoms with Gasteiger partial charge in [0.2, 0.25) is 5.91 Å². The summed E-state index contributed by atoms with van der Waals surface area (Å²) in [6.45, 7) is 12.3. The van der Waals surface area contributed by atoms with Gasteiger partial charge in [-0.3, -0.25) is 9.78 Å². The van der Waals surface area contributed by atoms with Crippen LogP contribution in [-0.2, 0) is 11.2 Å². The molecule has 1 aliphatic rings. The molecule has 206 valence electrons. The SMILES string of the molecule is CCc1ccc(-n2c(C)cc(C3C(c4ccccn4)NC(=S)N3c3ccc(NC(=O)C(C)C)c(C)c3)c2C)cc1. The lowest BCUT2D eigenvalue weighted by Gasteiger charge is -2.29. The van der Waals surface area contributed by atoms with E-state index in [9.17, 15) is 4.79 Å². The number of thiocarbonyl (C=S) groups is 1. The summed E-state index contributed by atoms with van der Waals surface area (Å²) in [6.07, 6.45) is 2.84. The van der Waals surface area contributed by atoms with Crippen molar-refractivity contribution in [3.05, 3.63) is 107 Å². The van der Waals surface area contributed by atoms with Crippen LogP contribution in [0.15, 0.2) is 72.9 Å². The highest BCUT2D eigenvalue weighted by atomic mass is 32.1. The molecule has 1 fully saturated rings. The Morgan fingerprint density at radius 1 is 1.02 bits per heavy atom. The maximum absolute atomic E-state index is 12.4. The minimum Gasteiger partial charge on any atom is -0.351 e. The fraction of sp³-hybridized carbons (Fsp3) is 0.303. The Morgan fingerprint density at radius 3 is 2.38 bits per heavy atom. The average molecular weight is 552 g/mol. The number of rotatable bonds is 7. The molecule has 6 nitrogen and oxygen atoms in total. The van der Waals surface area contributed by atoms with Crippen LogP contribution < -0.4 is 15.5 Å². The molecular formula is C33H37N5OS. The second-order valence-electron chi connectivity index (χ2n) is 10.8. The number of amides is 1. The standard InChI is InChI=1S/C33H37N5OS/c1-7-24-11-13-25(14-12-24)37-22(5)19-27(23(37)6)31-30(29-10-8-9-17-34-29)36-33(40)38(31)26-15-16-28(21(4)18-26)35-32(39)20(2)3/h8-20,30-31H,7H2,1-6H3,(H,35,39)(H,36,40). The van der Waals surface area contributed by atoms with Crippen LogP contribution in [0, 0.1) is 26.7 Å². The molecule has 0 saturated carbocycles. The van der Waals surface area contributed by atoms with Gasteiger partial charge in [0, 0.05) is 40.6 Å². The van der Waals surface area contributed by atoms with E-state index in [1.807, 2.05) is 51.2 Å². The fourth-order valence-corrected chi connectivity index (χ4v) is 5.88. The molecule has 2 unspecified atom stereocenters. The summed E-state index contributed by atoms with van der Waals surface area (Å²) < 4.78 is 2.32. The van der Waals surface area contributed by atoms with Gasteiger partial charge in [-0.15, -0.1) is 0 Å². The number of anilines is 2.